The van der Waals surface area contributed by atoms with Gasteiger partial charge in [0, 0.05) is 18.2 Å². The highest BCUT2D eigenvalue weighted by Crippen LogP contribution is 2.33. The van der Waals surface area contributed by atoms with E-state index in [4.69, 9.17) is 15.2 Å². The Morgan fingerprint density at radius 1 is 1.00 bits per heavy atom. The third-order valence-corrected chi connectivity index (χ3v) is 4.04. The molecule has 2 heterocycles. The summed E-state index contributed by atoms with van der Waals surface area (Å²) in [6.45, 7) is 0.649. The molecule has 0 bridgehead atoms. The summed E-state index contributed by atoms with van der Waals surface area (Å²) in [5.41, 5.74) is 7.76. The van der Waals surface area contributed by atoms with Crippen molar-refractivity contribution in [3.63, 3.8) is 0 Å². The van der Waals surface area contributed by atoms with Crippen LogP contribution in [0.5, 0.6) is 17.2 Å². The van der Waals surface area contributed by atoms with Crippen LogP contribution in [0.4, 0.5) is 24.9 Å². The number of anilines is 2. The summed E-state index contributed by atoms with van der Waals surface area (Å²) in [6, 6.07) is 12.6. The first-order chi connectivity index (χ1) is 13.9. The molecule has 150 valence electrons. The van der Waals surface area contributed by atoms with Crippen LogP contribution in [0, 0.1) is 0 Å². The molecule has 4 rings (SSSR count). The van der Waals surface area contributed by atoms with Crippen LogP contribution in [-0.2, 0) is 6.54 Å². The lowest BCUT2D eigenvalue weighted by molar-refractivity contribution is -0.274. The van der Waals surface area contributed by atoms with E-state index in [0.29, 0.717) is 35.1 Å². The van der Waals surface area contributed by atoms with E-state index >= 15 is 0 Å². The Hall–Kier alpha value is -3.69. The maximum Gasteiger partial charge on any atom is 0.573 e. The molecule has 0 amide bonds. The van der Waals surface area contributed by atoms with Crippen LogP contribution in [0.15, 0.2) is 48.5 Å². The number of ether oxygens (including phenoxy) is 3. The third-order valence-electron chi connectivity index (χ3n) is 4.04. The lowest BCUT2D eigenvalue weighted by Gasteiger charge is -2.11. The molecule has 7 nitrogen and oxygen atoms in total. The van der Waals surface area contributed by atoms with Gasteiger partial charge >= 0.3 is 6.36 Å². The van der Waals surface area contributed by atoms with Gasteiger partial charge in [0.05, 0.1) is 5.69 Å². The molecule has 0 spiro atoms. The van der Waals surface area contributed by atoms with Crippen molar-refractivity contribution in [2.45, 2.75) is 12.9 Å². The minimum Gasteiger partial charge on any atom is -0.454 e. The Kier molecular flexibility index (Phi) is 4.75. The molecule has 2 aromatic carbocycles. The summed E-state index contributed by atoms with van der Waals surface area (Å²) in [5.74, 6) is 1.56. The maximum absolute atomic E-state index is 12.3. The smallest absolute Gasteiger partial charge is 0.454 e. The number of hydrogen-bond donors (Lipinski definition) is 2. The van der Waals surface area contributed by atoms with Crippen molar-refractivity contribution in [1.82, 2.24) is 9.97 Å². The first-order valence-electron chi connectivity index (χ1n) is 8.49. The Bertz CT molecular complexity index is 1030. The van der Waals surface area contributed by atoms with Gasteiger partial charge in [-0.1, -0.05) is 6.07 Å². The predicted octanol–water partition coefficient (Wildman–Crippen LogP) is 3.97. The van der Waals surface area contributed by atoms with E-state index in [2.05, 4.69) is 20.0 Å². The lowest BCUT2D eigenvalue weighted by Crippen LogP contribution is -2.16. The number of alkyl halides is 3. The number of nitrogens with zero attached hydrogens (tertiary/aromatic N) is 2. The second kappa shape index (κ2) is 7.38. The summed E-state index contributed by atoms with van der Waals surface area (Å²) in [7, 11) is 0. The molecule has 0 atom stereocenters. The van der Waals surface area contributed by atoms with Gasteiger partial charge in [0.1, 0.15) is 11.6 Å². The van der Waals surface area contributed by atoms with E-state index in [1.54, 1.807) is 6.07 Å². The molecule has 3 N–H and O–H groups in total. The topological polar surface area (TPSA) is 91.5 Å². The van der Waals surface area contributed by atoms with Crippen molar-refractivity contribution >= 4 is 11.8 Å². The molecule has 0 fully saturated rings. The second-order valence-corrected chi connectivity index (χ2v) is 6.11. The van der Waals surface area contributed by atoms with Gasteiger partial charge in [0.2, 0.25) is 12.7 Å². The van der Waals surface area contributed by atoms with Crippen LogP contribution in [0.2, 0.25) is 0 Å². The third kappa shape index (κ3) is 4.60. The highest BCUT2D eigenvalue weighted by atomic mass is 19.4. The minimum absolute atomic E-state index is 0.0336. The van der Waals surface area contributed by atoms with E-state index in [1.807, 2.05) is 18.2 Å². The van der Waals surface area contributed by atoms with Crippen molar-refractivity contribution in [1.29, 1.82) is 0 Å². The van der Waals surface area contributed by atoms with Crippen molar-refractivity contribution in [2.24, 2.45) is 0 Å². The number of rotatable bonds is 5. The number of hydrogen-bond acceptors (Lipinski definition) is 7. The van der Waals surface area contributed by atoms with E-state index in [0.717, 1.165) is 5.56 Å². The number of fused-ring (bicyclic) bond motifs is 1. The van der Waals surface area contributed by atoms with Crippen LogP contribution in [-0.4, -0.2) is 23.1 Å². The highest BCUT2D eigenvalue weighted by molar-refractivity contribution is 5.64. The first-order valence-corrected chi connectivity index (χ1v) is 8.49. The molecule has 3 aromatic rings. The summed E-state index contributed by atoms with van der Waals surface area (Å²) in [4.78, 5) is 8.28. The molecule has 1 aliphatic rings. The van der Waals surface area contributed by atoms with Gasteiger partial charge in [-0.2, -0.15) is 4.98 Å². The van der Waals surface area contributed by atoms with Crippen molar-refractivity contribution < 1.29 is 27.4 Å². The van der Waals surface area contributed by atoms with Gasteiger partial charge in [-0.05, 0) is 42.0 Å². The molecular weight excluding hydrogens is 389 g/mol. The summed E-state index contributed by atoms with van der Waals surface area (Å²) in [5, 5.41) is 3.14. The quantitative estimate of drug-likeness (QED) is 0.665. The monoisotopic (exact) mass is 404 g/mol. The predicted molar refractivity (Wildman–Crippen MR) is 98.5 cm³/mol. The van der Waals surface area contributed by atoms with E-state index in [-0.39, 0.29) is 18.5 Å². The molecular formula is C19H15F3N4O3. The van der Waals surface area contributed by atoms with Gasteiger partial charge < -0.3 is 25.3 Å². The van der Waals surface area contributed by atoms with Crippen LogP contribution in [0.25, 0.3) is 11.3 Å². The SMILES string of the molecule is Nc1nc(NCc2ccc3c(c2)OCO3)cc(-c2ccc(OC(F)(F)F)cc2)n1. The molecule has 29 heavy (non-hydrogen) atoms. The Balaban J connectivity index is 1.49. The minimum atomic E-state index is -4.74. The van der Waals surface area contributed by atoms with Crippen molar-refractivity contribution in [3.8, 4) is 28.5 Å². The van der Waals surface area contributed by atoms with E-state index < -0.39 is 6.36 Å². The molecule has 10 heteroatoms. The van der Waals surface area contributed by atoms with E-state index in [1.165, 1.54) is 24.3 Å². The summed E-state index contributed by atoms with van der Waals surface area (Å²) in [6.07, 6.45) is -4.74. The fourth-order valence-corrected chi connectivity index (χ4v) is 2.78. The van der Waals surface area contributed by atoms with Gasteiger partial charge in [0.25, 0.3) is 0 Å². The standard InChI is InChI=1S/C19H15F3N4O3/c20-19(21,22)29-13-4-2-12(3-5-13)14-8-17(26-18(23)25-14)24-9-11-1-6-15-16(7-11)28-10-27-15/h1-8H,9-10H2,(H3,23,24,25,26). The normalized spacial score (nSPS) is 12.7. The number of nitrogen functional groups attached to an aromatic ring is 1. The van der Waals surface area contributed by atoms with Gasteiger partial charge in [0.15, 0.2) is 11.5 Å². The first kappa shape index (κ1) is 18.7. The molecule has 0 unspecified atom stereocenters. The maximum atomic E-state index is 12.3. The average molecular weight is 404 g/mol. The van der Waals surface area contributed by atoms with Gasteiger partial charge in [-0.3, -0.25) is 0 Å². The number of halogens is 3. The fourth-order valence-electron chi connectivity index (χ4n) is 2.78. The Morgan fingerprint density at radius 2 is 1.76 bits per heavy atom. The van der Waals surface area contributed by atoms with Crippen LogP contribution in [0.1, 0.15) is 5.56 Å². The molecule has 1 aliphatic heterocycles. The second-order valence-electron chi connectivity index (χ2n) is 6.11. The lowest BCUT2D eigenvalue weighted by atomic mass is 10.1. The van der Waals surface area contributed by atoms with Crippen molar-refractivity contribution in [3.05, 3.63) is 54.1 Å². The number of nitrogens with one attached hydrogen (secondary N) is 1. The zero-order chi connectivity index (χ0) is 20.4. The van der Waals surface area contributed by atoms with E-state index in [9.17, 15) is 13.2 Å². The summed E-state index contributed by atoms with van der Waals surface area (Å²) >= 11 is 0. The van der Waals surface area contributed by atoms with Crippen LogP contribution < -0.4 is 25.3 Å². The molecule has 0 aliphatic carbocycles. The van der Waals surface area contributed by atoms with Gasteiger partial charge in [-0.15, -0.1) is 13.2 Å². The zero-order valence-corrected chi connectivity index (χ0v) is 14.9. The molecule has 1 aromatic heterocycles. The number of benzene rings is 2. The molecule has 0 radical (unpaired) electrons. The Labute approximate surface area is 163 Å². The number of aromatic nitrogens is 2. The number of nitrogens with two attached hydrogens (primary N) is 1. The van der Waals surface area contributed by atoms with Crippen LogP contribution in [0.3, 0.4) is 0 Å². The largest absolute Gasteiger partial charge is 0.573 e. The zero-order valence-electron chi connectivity index (χ0n) is 14.9. The Morgan fingerprint density at radius 3 is 2.52 bits per heavy atom. The molecule has 0 saturated carbocycles. The summed E-state index contributed by atoms with van der Waals surface area (Å²) < 4.78 is 51.4. The fraction of sp³-hybridized carbons (Fsp3) is 0.158. The highest BCUT2D eigenvalue weighted by Gasteiger charge is 2.31. The molecule has 0 saturated heterocycles. The van der Waals surface area contributed by atoms with Crippen LogP contribution >= 0.6 is 0 Å². The van der Waals surface area contributed by atoms with Crippen molar-refractivity contribution in [2.75, 3.05) is 17.8 Å². The average Bonchev–Trinajstić information content (AvgIpc) is 3.13. The van der Waals surface area contributed by atoms with Gasteiger partial charge in [-0.25, -0.2) is 4.98 Å².